The Labute approximate surface area is 203 Å². The third kappa shape index (κ3) is 3.57. The third-order valence-electron chi connectivity index (χ3n) is 5.85. The second-order valence-electron chi connectivity index (χ2n) is 8.05. The van der Waals surface area contributed by atoms with E-state index in [4.69, 9.17) is 21.1 Å². The van der Waals surface area contributed by atoms with Gasteiger partial charge < -0.3 is 9.47 Å². The Hall–Kier alpha value is -4.37. The van der Waals surface area contributed by atoms with Crippen LogP contribution in [0.1, 0.15) is 16.1 Å². The van der Waals surface area contributed by atoms with Crippen LogP contribution in [0.15, 0.2) is 65.7 Å². The Kier molecular flexibility index (Phi) is 4.93. The Bertz CT molecular complexity index is 1690. The summed E-state index contributed by atoms with van der Waals surface area (Å²) in [7, 11) is 0. The quantitative estimate of drug-likeness (QED) is 0.415. The van der Waals surface area contributed by atoms with Gasteiger partial charge in [0.2, 0.25) is 0 Å². The number of ether oxygens (including phenoxy) is 2. The van der Waals surface area contributed by atoms with E-state index >= 15 is 0 Å². The van der Waals surface area contributed by atoms with Crippen LogP contribution in [0.25, 0.3) is 27.7 Å². The number of nitrogens with zero attached hydrogens (tertiary/aromatic N) is 4. The number of aryl methyl sites for hydroxylation is 1. The van der Waals surface area contributed by atoms with E-state index in [2.05, 4.69) is 15.5 Å². The maximum atomic E-state index is 13.2. The van der Waals surface area contributed by atoms with Crippen LogP contribution in [0.3, 0.4) is 0 Å². The monoisotopic (exact) mass is 487 g/mol. The highest BCUT2D eigenvalue weighted by molar-refractivity contribution is 6.30. The number of halogens is 1. The molecule has 0 saturated carbocycles. The van der Waals surface area contributed by atoms with Gasteiger partial charge in [0.25, 0.3) is 11.5 Å². The van der Waals surface area contributed by atoms with Gasteiger partial charge in [-0.1, -0.05) is 23.7 Å². The topological polar surface area (TPSA) is 99.8 Å². The smallest absolute Gasteiger partial charge is 0.280 e. The zero-order valence-corrected chi connectivity index (χ0v) is 19.2. The van der Waals surface area contributed by atoms with E-state index in [1.165, 1.54) is 12.4 Å². The number of carbonyl (C=O) groups is 1. The van der Waals surface area contributed by atoms with E-state index in [0.29, 0.717) is 51.8 Å². The molecule has 1 amide bonds. The molecular weight excluding hydrogens is 470 g/mol. The standard InChI is InChI=1S/C25H18ClN5O4/c1-14-22(15-2-5-17(26)6-3-15)23-27-13-18-19(31(23)28-14)8-9-30(25(18)33)29-24(32)16-4-7-20-21(12-16)35-11-10-34-20/h2-9,12-13H,10-11H2,1H3,(H,29,32). The van der Waals surface area contributed by atoms with Gasteiger partial charge in [-0.05, 0) is 48.9 Å². The lowest BCUT2D eigenvalue weighted by atomic mass is 10.1. The summed E-state index contributed by atoms with van der Waals surface area (Å²) < 4.78 is 13.8. The summed E-state index contributed by atoms with van der Waals surface area (Å²) in [6, 6.07) is 14.0. The van der Waals surface area contributed by atoms with Gasteiger partial charge in [-0.25, -0.2) is 14.2 Å². The van der Waals surface area contributed by atoms with Crippen LogP contribution in [-0.2, 0) is 0 Å². The van der Waals surface area contributed by atoms with Crippen LogP contribution >= 0.6 is 11.6 Å². The van der Waals surface area contributed by atoms with E-state index in [1.807, 2.05) is 31.2 Å². The molecule has 35 heavy (non-hydrogen) atoms. The van der Waals surface area contributed by atoms with Crippen LogP contribution in [0.5, 0.6) is 11.5 Å². The highest BCUT2D eigenvalue weighted by Crippen LogP contribution is 2.31. The molecule has 0 atom stereocenters. The SMILES string of the molecule is Cc1nn2c(ncc3c(=O)n(NC(=O)c4ccc5c(c4)OCCO5)ccc32)c1-c1ccc(Cl)cc1. The number of amides is 1. The van der Waals surface area contributed by atoms with E-state index < -0.39 is 11.5 Å². The second-order valence-corrected chi connectivity index (χ2v) is 8.49. The summed E-state index contributed by atoms with van der Waals surface area (Å²) in [4.78, 5) is 30.5. The van der Waals surface area contributed by atoms with Gasteiger partial charge in [-0.15, -0.1) is 0 Å². The number of aromatic nitrogens is 4. The molecule has 1 aliphatic heterocycles. The fourth-order valence-electron chi connectivity index (χ4n) is 4.18. The number of benzene rings is 2. The van der Waals surface area contributed by atoms with Gasteiger partial charge in [0, 0.05) is 28.5 Å². The minimum absolute atomic E-state index is 0.313. The highest BCUT2D eigenvalue weighted by Gasteiger charge is 2.18. The Morgan fingerprint density at radius 3 is 2.63 bits per heavy atom. The lowest BCUT2D eigenvalue weighted by Crippen LogP contribution is -2.33. The molecule has 174 valence electrons. The number of carbonyl (C=O) groups excluding carboxylic acids is 1. The molecule has 0 aliphatic carbocycles. The van der Waals surface area contributed by atoms with Gasteiger partial charge in [0.15, 0.2) is 17.1 Å². The average Bonchev–Trinajstić information content (AvgIpc) is 3.22. The number of nitrogens with one attached hydrogen (secondary N) is 1. The maximum Gasteiger partial charge on any atom is 0.280 e. The summed E-state index contributed by atoms with van der Waals surface area (Å²) in [6.07, 6.45) is 3.00. The van der Waals surface area contributed by atoms with Crippen molar-refractivity contribution in [2.75, 3.05) is 18.6 Å². The molecule has 0 bridgehead atoms. The predicted octanol–water partition coefficient (Wildman–Crippen LogP) is 3.83. The van der Waals surface area contributed by atoms with E-state index in [-0.39, 0.29) is 0 Å². The van der Waals surface area contributed by atoms with Crippen LogP contribution in [0.4, 0.5) is 0 Å². The summed E-state index contributed by atoms with van der Waals surface area (Å²) >= 11 is 6.03. The van der Waals surface area contributed by atoms with Crippen LogP contribution in [-0.4, -0.2) is 38.4 Å². The number of hydrogen-bond acceptors (Lipinski definition) is 6. The second kappa shape index (κ2) is 8.14. The van der Waals surface area contributed by atoms with Crippen molar-refractivity contribution in [1.29, 1.82) is 0 Å². The minimum Gasteiger partial charge on any atom is -0.486 e. The molecule has 10 heteroatoms. The van der Waals surface area contributed by atoms with Crippen molar-refractivity contribution in [2.24, 2.45) is 0 Å². The first-order chi connectivity index (χ1) is 17.0. The van der Waals surface area contributed by atoms with Gasteiger partial charge >= 0.3 is 0 Å². The predicted molar refractivity (Wildman–Crippen MR) is 131 cm³/mol. The van der Waals surface area contributed by atoms with Crippen molar-refractivity contribution < 1.29 is 14.3 Å². The van der Waals surface area contributed by atoms with Crippen molar-refractivity contribution >= 4 is 34.1 Å². The summed E-state index contributed by atoms with van der Waals surface area (Å²) in [6.45, 7) is 2.76. The first-order valence-corrected chi connectivity index (χ1v) is 11.2. The molecule has 9 nitrogen and oxygen atoms in total. The van der Waals surface area contributed by atoms with Gasteiger partial charge in [0.05, 0.1) is 16.6 Å². The number of pyridine rings is 1. The maximum absolute atomic E-state index is 13.2. The molecule has 6 rings (SSSR count). The zero-order valence-electron chi connectivity index (χ0n) is 18.5. The number of hydrogen-bond donors (Lipinski definition) is 1. The first-order valence-electron chi connectivity index (χ1n) is 10.9. The fraction of sp³-hybridized carbons (Fsp3) is 0.120. The Morgan fingerprint density at radius 2 is 1.83 bits per heavy atom. The van der Waals surface area contributed by atoms with Crippen molar-refractivity contribution in [3.63, 3.8) is 0 Å². The van der Waals surface area contributed by atoms with Gasteiger partial charge in [-0.2, -0.15) is 5.10 Å². The molecule has 3 aromatic heterocycles. The minimum atomic E-state index is -0.461. The molecule has 5 aromatic rings. The Morgan fingerprint density at radius 1 is 1.06 bits per heavy atom. The molecule has 1 N–H and O–H groups in total. The first kappa shape index (κ1) is 21.2. The van der Waals surface area contributed by atoms with E-state index in [0.717, 1.165) is 21.5 Å². The van der Waals surface area contributed by atoms with Crippen molar-refractivity contribution in [2.45, 2.75) is 6.92 Å². The lowest BCUT2D eigenvalue weighted by Gasteiger charge is -2.18. The molecule has 1 aliphatic rings. The number of fused-ring (bicyclic) bond motifs is 4. The highest BCUT2D eigenvalue weighted by atomic mass is 35.5. The van der Waals surface area contributed by atoms with E-state index in [1.54, 1.807) is 28.8 Å². The summed E-state index contributed by atoms with van der Waals surface area (Å²) in [5.74, 6) is 0.613. The molecule has 0 radical (unpaired) electrons. The zero-order chi connectivity index (χ0) is 24.1. The Balaban J connectivity index is 1.38. The summed E-state index contributed by atoms with van der Waals surface area (Å²) in [5, 5.41) is 5.57. The summed E-state index contributed by atoms with van der Waals surface area (Å²) in [5.41, 5.74) is 6.28. The fourth-order valence-corrected chi connectivity index (χ4v) is 4.30. The average molecular weight is 488 g/mol. The van der Waals surface area contributed by atoms with Crippen molar-refractivity contribution in [3.05, 3.63) is 87.6 Å². The molecular formula is C25H18ClN5O4. The van der Waals surface area contributed by atoms with Crippen molar-refractivity contribution in [3.8, 4) is 22.6 Å². The molecule has 0 saturated heterocycles. The molecule has 0 fully saturated rings. The van der Waals surface area contributed by atoms with Gasteiger partial charge in [-0.3, -0.25) is 15.0 Å². The van der Waals surface area contributed by atoms with Gasteiger partial charge in [0.1, 0.15) is 13.2 Å². The molecule has 2 aromatic carbocycles. The molecule has 0 spiro atoms. The molecule has 4 heterocycles. The van der Waals surface area contributed by atoms with E-state index in [9.17, 15) is 9.59 Å². The molecule has 0 unspecified atom stereocenters. The van der Waals surface area contributed by atoms with Crippen molar-refractivity contribution in [1.82, 2.24) is 19.3 Å². The van der Waals surface area contributed by atoms with Crippen LogP contribution in [0.2, 0.25) is 5.02 Å². The largest absolute Gasteiger partial charge is 0.486 e. The lowest BCUT2D eigenvalue weighted by molar-refractivity contribution is 0.101. The van der Waals surface area contributed by atoms with Crippen LogP contribution < -0.4 is 20.5 Å². The normalized spacial score (nSPS) is 12.7. The third-order valence-corrected chi connectivity index (χ3v) is 6.10. The van der Waals surface area contributed by atoms with Crippen LogP contribution in [0, 0.1) is 6.92 Å². The number of rotatable bonds is 3.